The van der Waals surface area contributed by atoms with Crippen LogP contribution < -0.4 is 5.73 Å². The highest BCUT2D eigenvalue weighted by molar-refractivity contribution is 5.86. The third-order valence-corrected chi connectivity index (χ3v) is 4.13. The number of carbonyl (C=O) groups excluding carboxylic acids is 1. The molecule has 3 nitrogen and oxygen atoms in total. The van der Waals surface area contributed by atoms with Gasteiger partial charge in [-0.05, 0) is 46.0 Å². The molecule has 2 N–H and O–H groups in total. The van der Waals surface area contributed by atoms with Gasteiger partial charge in [0.05, 0.1) is 5.41 Å². The van der Waals surface area contributed by atoms with Gasteiger partial charge in [0.1, 0.15) is 0 Å². The highest BCUT2D eigenvalue weighted by atomic mass is 16.2. The summed E-state index contributed by atoms with van der Waals surface area (Å²) in [5, 5.41) is 0. The quantitative estimate of drug-likeness (QED) is 0.751. The lowest BCUT2D eigenvalue weighted by Crippen LogP contribution is -2.51. The van der Waals surface area contributed by atoms with E-state index < -0.39 is 0 Å². The summed E-state index contributed by atoms with van der Waals surface area (Å²) in [6, 6.07) is 0.815. The van der Waals surface area contributed by atoms with Gasteiger partial charge in [0.2, 0.25) is 5.91 Å². The zero-order valence-corrected chi connectivity index (χ0v) is 9.83. The maximum absolute atomic E-state index is 12.4. The van der Waals surface area contributed by atoms with Gasteiger partial charge < -0.3 is 10.6 Å². The fourth-order valence-corrected chi connectivity index (χ4v) is 2.75. The molecule has 86 valence electrons. The Balaban J connectivity index is 2.10. The lowest BCUT2D eigenvalue weighted by molar-refractivity contribution is -0.142. The number of nitrogens with zero attached hydrogens (tertiary/aromatic N) is 1. The molecule has 2 rings (SSSR count). The molecule has 1 saturated heterocycles. The highest BCUT2D eigenvalue weighted by Crippen LogP contribution is 2.47. The number of nitrogens with two attached hydrogens (primary N) is 1. The van der Waals surface area contributed by atoms with Gasteiger partial charge in [-0.1, -0.05) is 0 Å². The first-order chi connectivity index (χ1) is 7.10. The van der Waals surface area contributed by atoms with Crippen LogP contribution in [0.4, 0.5) is 0 Å². The van der Waals surface area contributed by atoms with E-state index in [1.54, 1.807) is 0 Å². The second kappa shape index (κ2) is 3.78. The third kappa shape index (κ3) is 1.78. The lowest BCUT2D eigenvalue weighted by atomic mass is 9.94. The van der Waals surface area contributed by atoms with E-state index in [4.69, 9.17) is 5.73 Å². The minimum atomic E-state index is -0.167. The van der Waals surface area contributed by atoms with E-state index in [2.05, 4.69) is 18.7 Å². The van der Waals surface area contributed by atoms with Gasteiger partial charge in [0.15, 0.2) is 0 Å². The van der Waals surface area contributed by atoms with Gasteiger partial charge in [-0.25, -0.2) is 0 Å². The van der Waals surface area contributed by atoms with E-state index in [0.717, 1.165) is 25.7 Å². The molecule has 0 spiro atoms. The third-order valence-electron chi connectivity index (χ3n) is 4.13. The second-order valence-electron chi connectivity index (χ2n) is 5.33. The largest absolute Gasteiger partial charge is 0.337 e. The Morgan fingerprint density at radius 3 is 2.27 bits per heavy atom. The number of hydrogen-bond acceptors (Lipinski definition) is 2. The SMILES string of the molecule is C[C@@H]1CCC[C@H](C)N1C(=O)C1(CN)CC1. The lowest BCUT2D eigenvalue weighted by Gasteiger charge is -2.41. The Bertz CT molecular complexity index is 250. The maximum atomic E-state index is 12.4. The average molecular weight is 210 g/mol. The summed E-state index contributed by atoms with van der Waals surface area (Å²) >= 11 is 0. The van der Waals surface area contributed by atoms with Gasteiger partial charge in [-0.15, -0.1) is 0 Å². The summed E-state index contributed by atoms with van der Waals surface area (Å²) in [4.78, 5) is 14.5. The molecule has 0 aromatic rings. The Labute approximate surface area is 92.0 Å². The van der Waals surface area contributed by atoms with E-state index >= 15 is 0 Å². The van der Waals surface area contributed by atoms with Crippen LogP contribution in [0.5, 0.6) is 0 Å². The number of carbonyl (C=O) groups is 1. The van der Waals surface area contributed by atoms with Gasteiger partial charge in [-0.2, -0.15) is 0 Å². The van der Waals surface area contributed by atoms with Crippen molar-refractivity contribution >= 4 is 5.91 Å². The molecule has 1 aliphatic heterocycles. The van der Waals surface area contributed by atoms with Crippen molar-refractivity contribution in [2.45, 2.75) is 58.0 Å². The molecule has 0 aromatic heterocycles. The van der Waals surface area contributed by atoms with Gasteiger partial charge in [0, 0.05) is 18.6 Å². The molecule has 0 aromatic carbocycles. The van der Waals surface area contributed by atoms with Crippen LogP contribution in [0.1, 0.15) is 46.0 Å². The number of piperidine rings is 1. The summed E-state index contributed by atoms with van der Waals surface area (Å²) in [5.74, 6) is 0.324. The second-order valence-corrected chi connectivity index (χ2v) is 5.33. The van der Waals surface area contributed by atoms with Gasteiger partial charge >= 0.3 is 0 Å². The molecule has 0 unspecified atom stereocenters. The van der Waals surface area contributed by atoms with Crippen LogP contribution in [-0.4, -0.2) is 29.4 Å². The van der Waals surface area contributed by atoms with E-state index in [9.17, 15) is 4.79 Å². The minimum absolute atomic E-state index is 0.167. The molecule has 0 bridgehead atoms. The van der Waals surface area contributed by atoms with E-state index in [1.807, 2.05) is 0 Å². The molecular formula is C12H22N2O. The van der Waals surface area contributed by atoms with Crippen LogP contribution >= 0.6 is 0 Å². The van der Waals surface area contributed by atoms with Crippen molar-refractivity contribution in [2.75, 3.05) is 6.54 Å². The number of amides is 1. The summed E-state index contributed by atoms with van der Waals surface area (Å²) in [7, 11) is 0. The van der Waals surface area contributed by atoms with Crippen molar-refractivity contribution in [1.29, 1.82) is 0 Å². The van der Waals surface area contributed by atoms with Gasteiger partial charge in [0.25, 0.3) is 0 Å². The zero-order valence-electron chi connectivity index (χ0n) is 9.83. The Morgan fingerprint density at radius 1 is 1.33 bits per heavy atom. The molecule has 1 amide bonds. The number of likely N-dealkylation sites (tertiary alicyclic amines) is 1. The van der Waals surface area contributed by atoms with Crippen LogP contribution in [-0.2, 0) is 4.79 Å². The summed E-state index contributed by atoms with van der Waals surface area (Å²) < 4.78 is 0. The first kappa shape index (κ1) is 10.9. The van der Waals surface area contributed by atoms with Crippen molar-refractivity contribution in [3.63, 3.8) is 0 Å². The molecule has 2 aliphatic rings. The maximum Gasteiger partial charge on any atom is 0.230 e. The summed E-state index contributed by atoms with van der Waals surface area (Å²) in [5.41, 5.74) is 5.55. The first-order valence-corrected chi connectivity index (χ1v) is 6.13. The van der Waals surface area contributed by atoms with Crippen LogP contribution in [0.2, 0.25) is 0 Å². The molecule has 0 radical (unpaired) electrons. The standard InChI is InChI=1S/C12H22N2O/c1-9-4-3-5-10(2)14(9)11(15)12(8-13)6-7-12/h9-10H,3-8,13H2,1-2H3/t9-,10+. The molecule has 2 atom stereocenters. The first-order valence-electron chi connectivity index (χ1n) is 6.13. The zero-order chi connectivity index (χ0) is 11.1. The molecule has 1 aliphatic carbocycles. The molecule has 1 saturated carbocycles. The van der Waals surface area contributed by atoms with E-state index in [-0.39, 0.29) is 5.41 Å². The van der Waals surface area contributed by atoms with Crippen LogP contribution in [0.15, 0.2) is 0 Å². The van der Waals surface area contributed by atoms with Crippen molar-refractivity contribution in [3.05, 3.63) is 0 Å². The highest BCUT2D eigenvalue weighted by Gasteiger charge is 2.52. The Hall–Kier alpha value is -0.570. The Morgan fingerprint density at radius 2 is 1.87 bits per heavy atom. The van der Waals surface area contributed by atoms with E-state index in [1.165, 1.54) is 6.42 Å². The van der Waals surface area contributed by atoms with Crippen molar-refractivity contribution < 1.29 is 4.79 Å². The van der Waals surface area contributed by atoms with Crippen molar-refractivity contribution in [2.24, 2.45) is 11.1 Å². The number of rotatable bonds is 2. The van der Waals surface area contributed by atoms with Crippen LogP contribution in [0, 0.1) is 5.41 Å². The van der Waals surface area contributed by atoms with Crippen molar-refractivity contribution in [1.82, 2.24) is 4.90 Å². The molecule has 2 fully saturated rings. The molecular weight excluding hydrogens is 188 g/mol. The molecule has 15 heavy (non-hydrogen) atoms. The topological polar surface area (TPSA) is 46.3 Å². The van der Waals surface area contributed by atoms with Crippen molar-refractivity contribution in [3.8, 4) is 0 Å². The minimum Gasteiger partial charge on any atom is -0.337 e. The normalized spacial score (nSPS) is 33.9. The predicted molar refractivity (Wildman–Crippen MR) is 60.3 cm³/mol. The van der Waals surface area contributed by atoms with Crippen LogP contribution in [0.25, 0.3) is 0 Å². The monoisotopic (exact) mass is 210 g/mol. The fraction of sp³-hybridized carbons (Fsp3) is 0.917. The van der Waals surface area contributed by atoms with Gasteiger partial charge in [-0.3, -0.25) is 4.79 Å². The molecule has 3 heteroatoms. The average Bonchev–Trinajstić information content (AvgIpc) is 2.97. The number of hydrogen-bond donors (Lipinski definition) is 1. The van der Waals surface area contributed by atoms with Crippen LogP contribution in [0.3, 0.4) is 0 Å². The Kier molecular flexibility index (Phi) is 2.75. The summed E-state index contributed by atoms with van der Waals surface area (Å²) in [6.45, 7) is 4.86. The van der Waals surface area contributed by atoms with E-state index in [0.29, 0.717) is 24.5 Å². The smallest absolute Gasteiger partial charge is 0.230 e. The summed E-state index contributed by atoms with van der Waals surface area (Å²) in [6.07, 6.45) is 5.55. The fourth-order valence-electron chi connectivity index (χ4n) is 2.75. The predicted octanol–water partition coefficient (Wildman–Crippen LogP) is 1.51. The molecule has 1 heterocycles.